The normalized spacial score (nSPS) is 16.9. The summed E-state index contributed by atoms with van der Waals surface area (Å²) in [5.41, 5.74) is 2.16. The Balaban J connectivity index is 1.59. The SMILES string of the molecule is Cn1c(=S)n(CN2CCN(CC(=O)NC(C)(C)C)CC2)c2ccccc21. The van der Waals surface area contributed by atoms with Gasteiger partial charge in [0.15, 0.2) is 4.77 Å². The van der Waals surface area contributed by atoms with Crippen LogP contribution in [0.4, 0.5) is 0 Å². The minimum atomic E-state index is -0.177. The number of nitrogens with zero attached hydrogens (tertiary/aromatic N) is 4. The molecule has 26 heavy (non-hydrogen) atoms. The Bertz CT molecular complexity index is 840. The zero-order valence-corrected chi connectivity index (χ0v) is 17.0. The van der Waals surface area contributed by atoms with E-state index in [9.17, 15) is 4.79 Å². The highest BCUT2D eigenvalue weighted by Crippen LogP contribution is 2.17. The smallest absolute Gasteiger partial charge is 0.234 e. The van der Waals surface area contributed by atoms with Gasteiger partial charge in [-0.3, -0.25) is 14.6 Å². The third kappa shape index (κ3) is 4.34. The summed E-state index contributed by atoms with van der Waals surface area (Å²) in [6.45, 7) is 11.0. The van der Waals surface area contributed by atoms with Crippen LogP contribution in [0, 0.1) is 4.77 Å². The van der Waals surface area contributed by atoms with E-state index >= 15 is 0 Å². The van der Waals surface area contributed by atoms with Crippen LogP contribution < -0.4 is 5.32 Å². The minimum absolute atomic E-state index is 0.0993. The van der Waals surface area contributed by atoms with Crippen molar-refractivity contribution in [1.29, 1.82) is 0 Å². The first-order valence-corrected chi connectivity index (χ1v) is 9.55. The van der Waals surface area contributed by atoms with Gasteiger partial charge in [-0.25, -0.2) is 0 Å². The maximum atomic E-state index is 12.1. The van der Waals surface area contributed by atoms with E-state index in [1.807, 2.05) is 33.9 Å². The molecule has 2 aromatic rings. The maximum absolute atomic E-state index is 12.1. The van der Waals surface area contributed by atoms with Crippen molar-refractivity contribution in [2.24, 2.45) is 7.05 Å². The number of benzene rings is 1. The number of imidazole rings is 1. The second kappa shape index (κ2) is 7.50. The predicted octanol–water partition coefficient (Wildman–Crippen LogP) is 2.20. The fourth-order valence-electron chi connectivity index (χ4n) is 3.45. The first-order chi connectivity index (χ1) is 12.2. The van der Waals surface area contributed by atoms with Gasteiger partial charge in [0.05, 0.1) is 24.2 Å². The Hall–Kier alpha value is -1.70. The van der Waals surface area contributed by atoms with Crippen LogP contribution in [0.15, 0.2) is 24.3 Å². The average molecular weight is 376 g/mol. The molecule has 0 aliphatic carbocycles. The number of carbonyl (C=O) groups excluding carboxylic acids is 1. The summed E-state index contributed by atoms with van der Waals surface area (Å²) < 4.78 is 5.11. The Labute approximate surface area is 160 Å². The lowest BCUT2D eigenvalue weighted by Gasteiger charge is -2.35. The van der Waals surface area contributed by atoms with Gasteiger partial charge in [0, 0.05) is 38.8 Å². The van der Waals surface area contributed by atoms with E-state index in [-0.39, 0.29) is 11.4 Å². The molecule has 0 unspecified atom stereocenters. The van der Waals surface area contributed by atoms with Crippen molar-refractivity contribution < 1.29 is 4.79 Å². The molecular formula is C19H29N5OS. The van der Waals surface area contributed by atoms with Gasteiger partial charge < -0.3 is 14.5 Å². The van der Waals surface area contributed by atoms with Crippen LogP contribution in [0.2, 0.25) is 0 Å². The highest BCUT2D eigenvalue weighted by Gasteiger charge is 2.22. The number of carbonyl (C=O) groups is 1. The number of nitrogens with one attached hydrogen (secondary N) is 1. The van der Waals surface area contributed by atoms with E-state index in [1.165, 1.54) is 5.52 Å². The molecule has 1 aliphatic heterocycles. The molecule has 0 saturated carbocycles. The molecule has 1 saturated heterocycles. The van der Waals surface area contributed by atoms with Gasteiger partial charge >= 0.3 is 0 Å². The number of hydrogen-bond donors (Lipinski definition) is 1. The molecule has 1 aromatic heterocycles. The molecule has 6 nitrogen and oxygen atoms in total. The molecule has 0 radical (unpaired) electrons. The van der Waals surface area contributed by atoms with E-state index in [0.717, 1.165) is 43.1 Å². The van der Waals surface area contributed by atoms with Crippen LogP contribution in [0.3, 0.4) is 0 Å². The Morgan fingerprint density at radius 2 is 1.65 bits per heavy atom. The van der Waals surface area contributed by atoms with Crippen molar-refractivity contribution in [3.05, 3.63) is 29.0 Å². The standard InChI is InChI=1S/C19H29N5OS/c1-19(2,3)20-17(25)13-22-9-11-23(12-10-22)14-24-16-8-6-5-7-15(16)21(4)18(24)26/h5-8H,9-14H2,1-4H3,(H,20,25). The average Bonchev–Trinajstić information content (AvgIpc) is 2.80. The van der Waals surface area contributed by atoms with Crippen LogP contribution in [0.5, 0.6) is 0 Å². The van der Waals surface area contributed by atoms with E-state index in [4.69, 9.17) is 12.2 Å². The van der Waals surface area contributed by atoms with Crippen molar-refractivity contribution in [3.63, 3.8) is 0 Å². The van der Waals surface area contributed by atoms with E-state index < -0.39 is 0 Å². The molecule has 7 heteroatoms. The van der Waals surface area contributed by atoms with Crippen LogP contribution in [0.1, 0.15) is 20.8 Å². The number of amides is 1. The minimum Gasteiger partial charge on any atom is -0.350 e. The summed E-state index contributed by atoms with van der Waals surface area (Å²) >= 11 is 5.63. The summed E-state index contributed by atoms with van der Waals surface area (Å²) in [5.74, 6) is 0.0993. The molecule has 0 bridgehead atoms. The van der Waals surface area contributed by atoms with Gasteiger partial charge in [-0.2, -0.15) is 0 Å². The first-order valence-electron chi connectivity index (χ1n) is 9.14. The number of hydrogen-bond acceptors (Lipinski definition) is 4. The lowest BCUT2D eigenvalue weighted by Crippen LogP contribution is -2.51. The topological polar surface area (TPSA) is 45.4 Å². The fraction of sp³-hybridized carbons (Fsp3) is 0.579. The Kier molecular flexibility index (Phi) is 5.50. The first kappa shape index (κ1) is 19.1. The molecule has 1 aromatic carbocycles. The van der Waals surface area contributed by atoms with Crippen LogP contribution in [-0.4, -0.2) is 63.1 Å². The Morgan fingerprint density at radius 3 is 2.27 bits per heavy atom. The molecule has 0 spiro atoms. The molecule has 3 rings (SSSR count). The monoisotopic (exact) mass is 375 g/mol. The lowest BCUT2D eigenvalue weighted by atomic mass is 10.1. The number of fused-ring (bicyclic) bond motifs is 1. The van der Waals surface area contributed by atoms with Crippen molar-refractivity contribution in [3.8, 4) is 0 Å². The highest BCUT2D eigenvalue weighted by molar-refractivity contribution is 7.71. The number of para-hydroxylation sites is 2. The lowest BCUT2D eigenvalue weighted by molar-refractivity contribution is -0.124. The van der Waals surface area contributed by atoms with Gasteiger partial charge in [0.2, 0.25) is 5.91 Å². The van der Waals surface area contributed by atoms with Crippen LogP contribution in [0.25, 0.3) is 11.0 Å². The summed E-state index contributed by atoms with van der Waals surface area (Å²) in [6.07, 6.45) is 0. The molecule has 1 N–H and O–H groups in total. The fourth-order valence-corrected chi connectivity index (χ4v) is 3.70. The zero-order valence-electron chi connectivity index (χ0n) is 16.2. The molecule has 1 fully saturated rings. The van der Waals surface area contributed by atoms with E-state index in [0.29, 0.717) is 6.54 Å². The van der Waals surface area contributed by atoms with Gasteiger partial charge in [0.1, 0.15) is 0 Å². The van der Waals surface area contributed by atoms with E-state index in [2.05, 4.69) is 42.4 Å². The molecule has 1 aliphatic rings. The van der Waals surface area contributed by atoms with Crippen LogP contribution >= 0.6 is 12.2 Å². The summed E-state index contributed by atoms with van der Waals surface area (Å²) in [5, 5.41) is 3.03. The number of aromatic nitrogens is 2. The molecular weight excluding hydrogens is 346 g/mol. The van der Waals surface area contributed by atoms with Crippen molar-refractivity contribution in [2.45, 2.75) is 33.0 Å². The second-order valence-corrected chi connectivity index (χ2v) is 8.46. The van der Waals surface area contributed by atoms with Gasteiger partial charge in [-0.1, -0.05) is 12.1 Å². The zero-order chi connectivity index (χ0) is 18.9. The number of rotatable bonds is 4. The van der Waals surface area contributed by atoms with Crippen molar-refractivity contribution in [2.75, 3.05) is 32.7 Å². The van der Waals surface area contributed by atoms with Crippen molar-refractivity contribution >= 4 is 29.2 Å². The Morgan fingerprint density at radius 1 is 1.08 bits per heavy atom. The quantitative estimate of drug-likeness (QED) is 0.832. The number of piperazine rings is 1. The summed E-state index contributed by atoms with van der Waals surface area (Å²) in [4.78, 5) is 16.7. The highest BCUT2D eigenvalue weighted by atomic mass is 32.1. The van der Waals surface area contributed by atoms with Gasteiger partial charge in [-0.15, -0.1) is 0 Å². The largest absolute Gasteiger partial charge is 0.350 e. The molecule has 142 valence electrons. The summed E-state index contributed by atoms with van der Waals surface area (Å²) in [6, 6.07) is 8.33. The third-order valence-electron chi connectivity index (χ3n) is 4.74. The van der Waals surface area contributed by atoms with Gasteiger partial charge in [0.25, 0.3) is 0 Å². The molecule has 2 heterocycles. The second-order valence-electron chi connectivity index (χ2n) is 8.09. The summed E-state index contributed by atoms with van der Waals surface area (Å²) in [7, 11) is 2.02. The maximum Gasteiger partial charge on any atom is 0.234 e. The third-order valence-corrected chi connectivity index (χ3v) is 5.23. The molecule has 0 atom stereocenters. The van der Waals surface area contributed by atoms with E-state index in [1.54, 1.807) is 0 Å². The van der Waals surface area contributed by atoms with Gasteiger partial charge in [-0.05, 0) is 45.1 Å². The van der Waals surface area contributed by atoms with Crippen LogP contribution in [-0.2, 0) is 18.5 Å². The molecule has 1 amide bonds. The van der Waals surface area contributed by atoms with Crippen molar-refractivity contribution in [1.82, 2.24) is 24.3 Å². The predicted molar refractivity (Wildman–Crippen MR) is 108 cm³/mol. The number of aryl methyl sites for hydroxylation is 1.